The van der Waals surface area contributed by atoms with E-state index in [-0.39, 0.29) is 30.6 Å². The molecule has 5 nitrogen and oxygen atoms in total. The molecule has 0 aromatic heterocycles. The van der Waals surface area contributed by atoms with Crippen molar-refractivity contribution in [2.75, 3.05) is 30.4 Å². The van der Waals surface area contributed by atoms with Gasteiger partial charge in [0.2, 0.25) is 0 Å². The van der Waals surface area contributed by atoms with E-state index in [1.165, 1.54) is 12.1 Å². The van der Waals surface area contributed by atoms with Crippen molar-refractivity contribution in [3.05, 3.63) is 83.9 Å². The molecule has 2 aliphatic rings. The molecule has 5 rings (SSSR count). The number of alkyl halides is 3. The van der Waals surface area contributed by atoms with Crippen molar-refractivity contribution < 1.29 is 23.1 Å². The van der Waals surface area contributed by atoms with Crippen molar-refractivity contribution in [2.45, 2.75) is 24.7 Å². The van der Waals surface area contributed by atoms with Gasteiger partial charge in [-0.25, -0.2) is 4.79 Å². The number of amides is 2. The molecular formula is C27H26F3N3O2. The molecule has 182 valence electrons. The fourth-order valence-electron chi connectivity index (χ4n) is 5.43. The molecule has 3 aromatic carbocycles. The number of rotatable bonds is 3. The third kappa shape index (κ3) is 4.23. The molecule has 35 heavy (non-hydrogen) atoms. The Balaban J connectivity index is 1.47. The molecule has 2 N–H and O–H groups in total. The SMILES string of the molecule is CN1c2ccc(-c3ccccc3)cc2[C@H]2[C@H](CCN2C(=O)Nc2ccc(C(F)(F)F)cc2)[C@@H]1CO. The standard InChI is InChI=1S/C27H26F3N3O2/c1-32-23-12-7-18(17-5-3-2-4-6-17)15-22(23)25-21(24(32)16-34)13-14-33(25)26(35)31-20-10-8-19(9-11-20)27(28,29)30/h2-12,15,21,24-25,34H,13-14,16H2,1H3,(H,31,35)/t21-,24+,25-/m1/s1. The van der Waals surface area contributed by atoms with Crippen molar-refractivity contribution >= 4 is 17.4 Å². The molecule has 3 atom stereocenters. The van der Waals surface area contributed by atoms with Crippen LogP contribution >= 0.6 is 0 Å². The number of anilines is 2. The minimum absolute atomic E-state index is 0.0295. The molecule has 2 aliphatic heterocycles. The van der Waals surface area contributed by atoms with Crippen LogP contribution in [0.1, 0.15) is 23.6 Å². The Morgan fingerprint density at radius 1 is 1.03 bits per heavy atom. The fraction of sp³-hybridized carbons (Fsp3) is 0.296. The van der Waals surface area contributed by atoms with Gasteiger partial charge in [0.15, 0.2) is 0 Å². The molecule has 2 amide bonds. The number of nitrogens with one attached hydrogen (secondary N) is 1. The van der Waals surface area contributed by atoms with Gasteiger partial charge in [-0.2, -0.15) is 13.2 Å². The number of nitrogens with zero attached hydrogens (tertiary/aromatic N) is 2. The maximum atomic E-state index is 13.3. The fourth-order valence-corrected chi connectivity index (χ4v) is 5.43. The average molecular weight is 482 g/mol. The van der Waals surface area contributed by atoms with E-state index in [0.29, 0.717) is 12.2 Å². The number of hydrogen-bond donors (Lipinski definition) is 2. The van der Waals surface area contributed by atoms with Crippen LogP contribution in [-0.2, 0) is 6.18 Å². The lowest BCUT2D eigenvalue weighted by molar-refractivity contribution is -0.137. The maximum absolute atomic E-state index is 13.3. The average Bonchev–Trinajstić information content (AvgIpc) is 3.30. The van der Waals surface area contributed by atoms with E-state index in [9.17, 15) is 23.1 Å². The summed E-state index contributed by atoms with van der Waals surface area (Å²) >= 11 is 0. The van der Waals surface area contributed by atoms with Gasteiger partial charge in [-0.3, -0.25) is 0 Å². The van der Waals surface area contributed by atoms with Crippen LogP contribution in [0.5, 0.6) is 0 Å². The molecule has 1 fully saturated rings. The van der Waals surface area contributed by atoms with Gasteiger partial charge >= 0.3 is 12.2 Å². The third-order valence-corrected chi connectivity index (χ3v) is 7.18. The summed E-state index contributed by atoms with van der Waals surface area (Å²) in [6, 6.07) is 19.8. The number of aliphatic hydroxyl groups is 1. The molecule has 0 bridgehead atoms. The van der Waals surface area contributed by atoms with Crippen LogP contribution in [0, 0.1) is 5.92 Å². The monoisotopic (exact) mass is 481 g/mol. The predicted octanol–water partition coefficient (Wildman–Crippen LogP) is 5.78. The van der Waals surface area contributed by atoms with E-state index in [1.807, 2.05) is 49.5 Å². The second-order valence-electron chi connectivity index (χ2n) is 9.10. The molecule has 0 unspecified atom stereocenters. The highest BCUT2D eigenvalue weighted by Crippen LogP contribution is 2.49. The van der Waals surface area contributed by atoms with E-state index >= 15 is 0 Å². The molecule has 3 aromatic rings. The Bertz CT molecular complexity index is 1210. The Morgan fingerprint density at radius 2 is 1.74 bits per heavy atom. The Morgan fingerprint density at radius 3 is 2.40 bits per heavy atom. The lowest BCUT2D eigenvalue weighted by atomic mass is 9.81. The predicted molar refractivity (Wildman–Crippen MR) is 129 cm³/mol. The number of carbonyl (C=O) groups is 1. The normalized spacial score (nSPS) is 21.5. The van der Waals surface area contributed by atoms with E-state index in [2.05, 4.69) is 16.3 Å². The summed E-state index contributed by atoms with van der Waals surface area (Å²) in [5.74, 6) is 0.0295. The number of carbonyl (C=O) groups excluding carboxylic acids is 1. The van der Waals surface area contributed by atoms with Gasteiger partial charge in [0.05, 0.1) is 24.3 Å². The molecular weight excluding hydrogens is 455 g/mol. The number of aliphatic hydroxyl groups excluding tert-OH is 1. The molecule has 0 aliphatic carbocycles. The Hall–Kier alpha value is -3.52. The maximum Gasteiger partial charge on any atom is 0.416 e. The van der Waals surface area contributed by atoms with Gasteiger partial charge in [0.25, 0.3) is 0 Å². The van der Waals surface area contributed by atoms with Crippen LogP contribution in [0.15, 0.2) is 72.8 Å². The second-order valence-corrected chi connectivity index (χ2v) is 9.10. The Labute approximate surface area is 201 Å². The highest BCUT2D eigenvalue weighted by molar-refractivity contribution is 5.90. The van der Waals surface area contributed by atoms with E-state index in [4.69, 9.17) is 0 Å². The lowest BCUT2D eigenvalue weighted by Gasteiger charge is -2.44. The van der Waals surface area contributed by atoms with Gasteiger partial charge in [0, 0.05) is 30.9 Å². The third-order valence-electron chi connectivity index (χ3n) is 7.18. The lowest BCUT2D eigenvalue weighted by Crippen LogP contribution is -2.48. The van der Waals surface area contributed by atoms with Crippen molar-refractivity contribution in [2.24, 2.45) is 5.92 Å². The Kier molecular flexibility index (Phi) is 5.92. The molecule has 8 heteroatoms. The first-order valence-electron chi connectivity index (χ1n) is 11.6. The van der Waals surface area contributed by atoms with Gasteiger partial charge in [-0.05, 0) is 59.5 Å². The van der Waals surface area contributed by atoms with Crippen LogP contribution < -0.4 is 10.2 Å². The van der Waals surface area contributed by atoms with Gasteiger partial charge in [-0.15, -0.1) is 0 Å². The number of likely N-dealkylation sites (N-methyl/N-ethyl adjacent to an activating group) is 1. The summed E-state index contributed by atoms with van der Waals surface area (Å²) in [7, 11) is 1.96. The number of halogens is 3. The molecule has 0 saturated carbocycles. The van der Waals surface area contributed by atoms with Crippen molar-refractivity contribution in [3.8, 4) is 11.1 Å². The van der Waals surface area contributed by atoms with Crippen LogP contribution in [0.4, 0.5) is 29.3 Å². The van der Waals surface area contributed by atoms with Crippen molar-refractivity contribution in [1.29, 1.82) is 0 Å². The first kappa shape index (κ1) is 23.2. The number of hydrogen-bond acceptors (Lipinski definition) is 3. The second kappa shape index (κ2) is 8.92. The zero-order chi connectivity index (χ0) is 24.7. The largest absolute Gasteiger partial charge is 0.416 e. The zero-order valence-electron chi connectivity index (χ0n) is 19.2. The van der Waals surface area contributed by atoms with E-state index < -0.39 is 11.7 Å². The summed E-state index contributed by atoms with van der Waals surface area (Å²) < 4.78 is 38.7. The zero-order valence-corrected chi connectivity index (χ0v) is 19.2. The van der Waals surface area contributed by atoms with Crippen molar-refractivity contribution in [3.63, 3.8) is 0 Å². The molecule has 1 saturated heterocycles. The van der Waals surface area contributed by atoms with E-state index in [1.54, 1.807) is 4.90 Å². The first-order valence-corrected chi connectivity index (χ1v) is 11.6. The molecule has 0 radical (unpaired) electrons. The summed E-state index contributed by atoms with van der Waals surface area (Å²) in [4.78, 5) is 17.1. The highest BCUT2D eigenvalue weighted by Gasteiger charge is 2.47. The number of likely N-dealkylation sites (tertiary alicyclic amines) is 1. The summed E-state index contributed by atoms with van der Waals surface area (Å²) in [5, 5.41) is 12.9. The van der Waals surface area contributed by atoms with Crippen LogP contribution in [-0.4, -0.2) is 42.3 Å². The van der Waals surface area contributed by atoms with Crippen LogP contribution in [0.3, 0.4) is 0 Å². The summed E-state index contributed by atoms with van der Waals surface area (Å²) in [5.41, 5.74) is 3.60. The number of fused-ring (bicyclic) bond motifs is 3. The molecule has 0 spiro atoms. The van der Waals surface area contributed by atoms with Crippen LogP contribution in [0.2, 0.25) is 0 Å². The van der Waals surface area contributed by atoms with Crippen molar-refractivity contribution in [1.82, 2.24) is 4.90 Å². The topological polar surface area (TPSA) is 55.8 Å². The highest BCUT2D eigenvalue weighted by atomic mass is 19.4. The summed E-state index contributed by atoms with van der Waals surface area (Å²) in [6.45, 7) is 0.451. The van der Waals surface area contributed by atoms with Gasteiger partial charge in [0.1, 0.15) is 0 Å². The molecule has 2 heterocycles. The minimum atomic E-state index is -4.43. The first-order chi connectivity index (χ1) is 16.8. The minimum Gasteiger partial charge on any atom is -0.394 e. The number of benzene rings is 3. The number of urea groups is 1. The van der Waals surface area contributed by atoms with E-state index in [0.717, 1.165) is 40.9 Å². The summed E-state index contributed by atoms with van der Waals surface area (Å²) in [6.07, 6.45) is -3.71. The van der Waals surface area contributed by atoms with Gasteiger partial charge < -0.3 is 20.2 Å². The quantitative estimate of drug-likeness (QED) is 0.499. The van der Waals surface area contributed by atoms with Crippen LogP contribution in [0.25, 0.3) is 11.1 Å². The smallest absolute Gasteiger partial charge is 0.394 e. The van der Waals surface area contributed by atoms with Gasteiger partial charge in [-0.1, -0.05) is 36.4 Å².